The fourth-order valence-electron chi connectivity index (χ4n) is 2.15. The summed E-state index contributed by atoms with van der Waals surface area (Å²) >= 11 is 0. The third kappa shape index (κ3) is 3.38. The molecule has 0 bridgehead atoms. The summed E-state index contributed by atoms with van der Waals surface area (Å²) in [5.74, 6) is 0.723. The first-order valence-electron chi connectivity index (χ1n) is 7.12. The number of fused-ring (bicyclic) bond motifs is 1. The molecule has 1 amide bonds. The van der Waals surface area contributed by atoms with Gasteiger partial charge in [-0.05, 0) is 23.8 Å². The minimum atomic E-state index is -0.113. The molecule has 5 nitrogen and oxygen atoms in total. The number of amides is 1. The van der Waals surface area contributed by atoms with E-state index < -0.39 is 0 Å². The zero-order valence-electron chi connectivity index (χ0n) is 12.0. The number of carbonyl (C=O) groups excluding carboxylic acids is 1. The van der Waals surface area contributed by atoms with Gasteiger partial charge >= 0.3 is 0 Å². The van der Waals surface area contributed by atoms with E-state index in [0.29, 0.717) is 13.0 Å². The molecule has 0 aliphatic carbocycles. The van der Waals surface area contributed by atoms with Crippen LogP contribution in [0.3, 0.4) is 0 Å². The van der Waals surface area contributed by atoms with Crippen molar-refractivity contribution in [2.75, 3.05) is 6.54 Å². The fourth-order valence-corrected chi connectivity index (χ4v) is 2.15. The summed E-state index contributed by atoms with van der Waals surface area (Å²) in [5.41, 5.74) is 1.81. The molecule has 110 valence electrons. The molecule has 2 aromatic heterocycles. The van der Waals surface area contributed by atoms with E-state index in [1.54, 1.807) is 6.08 Å². The first-order valence-corrected chi connectivity index (χ1v) is 7.12. The molecule has 0 aliphatic rings. The molecule has 0 spiro atoms. The van der Waals surface area contributed by atoms with Crippen molar-refractivity contribution in [3.8, 4) is 0 Å². The van der Waals surface area contributed by atoms with Crippen molar-refractivity contribution in [2.45, 2.75) is 6.42 Å². The molecule has 2 heterocycles. The van der Waals surface area contributed by atoms with E-state index in [0.717, 1.165) is 17.0 Å². The van der Waals surface area contributed by atoms with Gasteiger partial charge in [0.25, 0.3) is 0 Å². The highest BCUT2D eigenvalue weighted by molar-refractivity contribution is 5.91. The topological polar surface area (TPSA) is 59.3 Å². The Kier molecular flexibility index (Phi) is 4.25. The molecule has 0 unspecified atom stereocenters. The standard InChI is InChI=1S/C17H16N4O/c22-17(10-9-14-6-2-1-3-7-14)18-12-11-16-20-19-15-8-4-5-13-21(15)16/h1-10,13H,11-12H2,(H,18,22). The molecule has 22 heavy (non-hydrogen) atoms. The summed E-state index contributed by atoms with van der Waals surface area (Å²) < 4.78 is 1.92. The maximum absolute atomic E-state index is 11.8. The minimum Gasteiger partial charge on any atom is -0.352 e. The number of pyridine rings is 1. The lowest BCUT2D eigenvalue weighted by atomic mass is 10.2. The Bertz CT molecular complexity index is 793. The molecule has 0 saturated carbocycles. The van der Waals surface area contributed by atoms with Gasteiger partial charge in [-0.2, -0.15) is 0 Å². The lowest BCUT2D eigenvalue weighted by Crippen LogP contribution is -2.24. The molecular weight excluding hydrogens is 276 g/mol. The van der Waals surface area contributed by atoms with Gasteiger partial charge in [-0.25, -0.2) is 0 Å². The van der Waals surface area contributed by atoms with Crippen LogP contribution in [0.25, 0.3) is 11.7 Å². The third-order valence-electron chi connectivity index (χ3n) is 3.26. The van der Waals surface area contributed by atoms with Gasteiger partial charge in [-0.3, -0.25) is 9.20 Å². The van der Waals surface area contributed by atoms with Crippen LogP contribution in [0.15, 0.2) is 60.8 Å². The van der Waals surface area contributed by atoms with Crippen molar-refractivity contribution in [2.24, 2.45) is 0 Å². The summed E-state index contributed by atoms with van der Waals surface area (Å²) in [4.78, 5) is 11.8. The summed E-state index contributed by atoms with van der Waals surface area (Å²) in [6.07, 6.45) is 5.89. The first-order chi connectivity index (χ1) is 10.8. The van der Waals surface area contributed by atoms with E-state index in [1.807, 2.05) is 59.1 Å². The van der Waals surface area contributed by atoms with E-state index in [4.69, 9.17) is 0 Å². The van der Waals surface area contributed by atoms with E-state index in [1.165, 1.54) is 6.08 Å². The number of rotatable bonds is 5. The van der Waals surface area contributed by atoms with Crippen LogP contribution in [0, 0.1) is 0 Å². The van der Waals surface area contributed by atoms with Crippen molar-refractivity contribution in [3.63, 3.8) is 0 Å². The van der Waals surface area contributed by atoms with E-state index >= 15 is 0 Å². The van der Waals surface area contributed by atoms with Crippen LogP contribution in [-0.4, -0.2) is 27.0 Å². The summed E-state index contributed by atoms with van der Waals surface area (Å²) in [5, 5.41) is 11.1. The fraction of sp³-hybridized carbons (Fsp3) is 0.118. The monoisotopic (exact) mass is 292 g/mol. The smallest absolute Gasteiger partial charge is 0.244 e. The van der Waals surface area contributed by atoms with Gasteiger partial charge in [-0.1, -0.05) is 36.4 Å². The Morgan fingerprint density at radius 1 is 1.09 bits per heavy atom. The van der Waals surface area contributed by atoms with Crippen molar-refractivity contribution < 1.29 is 4.79 Å². The van der Waals surface area contributed by atoms with Crippen LogP contribution < -0.4 is 5.32 Å². The van der Waals surface area contributed by atoms with Crippen LogP contribution in [0.4, 0.5) is 0 Å². The van der Waals surface area contributed by atoms with Crippen LogP contribution in [-0.2, 0) is 11.2 Å². The van der Waals surface area contributed by atoms with Gasteiger partial charge in [0, 0.05) is 25.2 Å². The minimum absolute atomic E-state index is 0.113. The maximum Gasteiger partial charge on any atom is 0.244 e. The van der Waals surface area contributed by atoms with Crippen LogP contribution >= 0.6 is 0 Å². The molecule has 0 fully saturated rings. The Labute approximate surface area is 128 Å². The van der Waals surface area contributed by atoms with Crippen LogP contribution in [0.1, 0.15) is 11.4 Å². The predicted molar refractivity (Wildman–Crippen MR) is 85.2 cm³/mol. The second kappa shape index (κ2) is 6.67. The molecule has 0 aliphatic heterocycles. The van der Waals surface area contributed by atoms with Crippen LogP contribution in [0.5, 0.6) is 0 Å². The average Bonchev–Trinajstić information content (AvgIpc) is 2.97. The number of aromatic nitrogens is 3. The number of hydrogen-bond acceptors (Lipinski definition) is 3. The second-order valence-electron chi connectivity index (χ2n) is 4.83. The summed E-state index contributed by atoms with van der Waals surface area (Å²) in [7, 11) is 0. The van der Waals surface area contributed by atoms with Gasteiger partial charge in [-0.15, -0.1) is 10.2 Å². The van der Waals surface area contributed by atoms with Gasteiger partial charge in [0.2, 0.25) is 5.91 Å². The Balaban J connectivity index is 1.52. The first kappa shape index (κ1) is 14.0. The van der Waals surface area contributed by atoms with Crippen molar-refractivity contribution in [1.82, 2.24) is 19.9 Å². The van der Waals surface area contributed by atoms with Crippen molar-refractivity contribution in [1.29, 1.82) is 0 Å². The van der Waals surface area contributed by atoms with Gasteiger partial charge in [0.05, 0.1) is 0 Å². The van der Waals surface area contributed by atoms with Crippen molar-refractivity contribution in [3.05, 3.63) is 72.2 Å². The SMILES string of the molecule is O=C(C=Cc1ccccc1)NCCc1nnc2ccccn12. The van der Waals surface area contributed by atoms with Gasteiger partial charge in [0.15, 0.2) is 5.65 Å². The third-order valence-corrected chi connectivity index (χ3v) is 3.26. The Hall–Kier alpha value is -2.95. The molecule has 3 rings (SSSR count). The zero-order chi connectivity index (χ0) is 15.2. The van der Waals surface area contributed by atoms with E-state index in [9.17, 15) is 4.79 Å². The molecule has 0 atom stereocenters. The van der Waals surface area contributed by atoms with Crippen LogP contribution in [0.2, 0.25) is 0 Å². The lowest BCUT2D eigenvalue weighted by molar-refractivity contribution is -0.116. The molecule has 0 saturated heterocycles. The van der Waals surface area contributed by atoms with Crippen molar-refractivity contribution >= 4 is 17.6 Å². The van der Waals surface area contributed by atoms with E-state index in [2.05, 4.69) is 15.5 Å². The average molecular weight is 292 g/mol. The maximum atomic E-state index is 11.8. The highest BCUT2D eigenvalue weighted by atomic mass is 16.1. The number of benzene rings is 1. The number of nitrogens with one attached hydrogen (secondary N) is 1. The van der Waals surface area contributed by atoms with Gasteiger partial charge < -0.3 is 5.32 Å². The van der Waals surface area contributed by atoms with Gasteiger partial charge in [0.1, 0.15) is 5.82 Å². The predicted octanol–water partition coefficient (Wildman–Crippen LogP) is 2.10. The Morgan fingerprint density at radius 3 is 2.77 bits per heavy atom. The molecular formula is C17H16N4O. The highest BCUT2D eigenvalue weighted by Crippen LogP contribution is 2.03. The molecule has 5 heteroatoms. The Morgan fingerprint density at radius 2 is 1.91 bits per heavy atom. The lowest BCUT2D eigenvalue weighted by Gasteiger charge is -2.01. The largest absolute Gasteiger partial charge is 0.352 e. The summed E-state index contributed by atoms with van der Waals surface area (Å²) in [6, 6.07) is 15.5. The molecule has 1 N–H and O–H groups in total. The second-order valence-corrected chi connectivity index (χ2v) is 4.83. The highest BCUT2D eigenvalue weighted by Gasteiger charge is 2.04. The number of carbonyl (C=O) groups is 1. The molecule has 1 aromatic carbocycles. The van der Waals surface area contributed by atoms with E-state index in [-0.39, 0.29) is 5.91 Å². The summed E-state index contributed by atoms with van der Waals surface area (Å²) in [6.45, 7) is 0.521. The quantitative estimate of drug-likeness (QED) is 0.733. The zero-order valence-corrected chi connectivity index (χ0v) is 12.0. The number of nitrogens with zero attached hydrogens (tertiary/aromatic N) is 3. The molecule has 3 aromatic rings. The molecule has 0 radical (unpaired) electrons. The number of hydrogen-bond donors (Lipinski definition) is 1. The normalized spacial score (nSPS) is 11.1.